The summed E-state index contributed by atoms with van der Waals surface area (Å²) in [5.74, 6) is -0.112. The van der Waals surface area contributed by atoms with Crippen LogP contribution in [0.3, 0.4) is 0 Å². The molecule has 4 rings (SSSR count). The number of nitrogens with one attached hydrogen (secondary N) is 1. The Balaban J connectivity index is 1.30. The van der Waals surface area contributed by atoms with Crippen LogP contribution < -0.4 is 19.1 Å². The molecule has 0 unspecified atom stereocenters. The third kappa shape index (κ3) is 5.18. The monoisotopic (exact) mass is 488 g/mol. The summed E-state index contributed by atoms with van der Waals surface area (Å²) in [6, 6.07) is 12.0. The summed E-state index contributed by atoms with van der Waals surface area (Å²) < 4.78 is 44.0. The molecular weight excluding hydrogens is 460 g/mol. The lowest BCUT2D eigenvalue weighted by molar-refractivity contribution is -0.153. The number of fused-ring (bicyclic) bond motifs is 2. The zero-order valence-electron chi connectivity index (χ0n) is 19.2. The molecule has 2 aliphatic heterocycles. The van der Waals surface area contributed by atoms with Gasteiger partial charge in [-0.3, -0.25) is 9.59 Å². The molecule has 0 radical (unpaired) electrons. The molecule has 2 aliphatic rings. The van der Waals surface area contributed by atoms with Crippen LogP contribution in [0.15, 0.2) is 47.4 Å². The first-order valence-corrected chi connectivity index (χ1v) is 12.7. The fourth-order valence-corrected chi connectivity index (χ4v) is 5.13. The molecule has 9 nitrogen and oxygen atoms in total. The number of ether oxygens (including phenoxy) is 3. The average Bonchev–Trinajstić information content (AvgIpc) is 2.97. The van der Waals surface area contributed by atoms with Gasteiger partial charge in [0.1, 0.15) is 0 Å². The zero-order chi connectivity index (χ0) is 24.3. The van der Waals surface area contributed by atoms with Gasteiger partial charge >= 0.3 is 5.97 Å². The van der Waals surface area contributed by atoms with E-state index in [4.69, 9.17) is 14.2 Å². The van der Waals surface area contributed by atoms with Crippen molar-refractivity contribution < 1.29 is 32.2 Å². The van der Waals surface area contributed by atoms with E-state index in [1.165, 1.54) is 19.1 Å². The highest BCUT2D eigenvalue weighted by molar-refractivity contribution is 7.89. The number of sulfonamides is 1. The maximum absolute atomic E-state index is 12.9. The van der Waals surface area contributed by atoms with E-state index in [0.29, 0.717) is 31.1 Å². The van der Waals surface area contributed by atoms with Crippen molar-refractivity contribution in [3.63, 3.8) is 0 Å². The van der Waals surface area contributed by atoms with Crippen LogP contribution in [0.25, 0.3) is 0 Å². The van der Waals surface area contributed by atoms with Gasteiger partial charge in [-0.2, -0.15) is 0 Å². The van der Waals surface area contributed by atoms with Gasteiger partial charge in [0.2, 0.25) is 10.0 Å². The topological polar surface area (TPSA) is 111 Å². The largest absolute Gasteiger partial charge is 0.490 e. The molecule has 0 spiro atoms. The third-order valence-corrected chi connectivity index (χ3v) is 7.21. The lowest BCUT2D eigenvalue weighted by atomic mass is 10.1. The predicted molar refractivity (Wildman–Crippen MR) is 125 cm³/mol. The van der Waals surface area contributed by atoms with Gasteiger partial charge in [0.15, 0.2) is 17.6 Å². The van der Waals surface area contributed by atoms with Crippen LogP contribution in [0.1, 0.15) is 32.3 Å². The highest BCUT2D eigenvalue weighted by Crippen LogP contribution is 2.33. The first kappa shape index (κ1) is 24.0. The van der Waals surface area contributed by atoms with Crippen molar-refractivity contribution in [2.24, 2.45) is 0 Å². The second-order valence-corrected chi connectivity index (χ2v) is 10.1. The van der Waals surface area contributed by atoms with E-state index in [2.05, 4.69) is 4.72 Å². The van der Waals surface area contributed by atoms with Crippen LogP contribution in [0.4, 0.5) is 5.69 Å². The van der Waals surface area contributed by atoms with Gasteiger partial charge in [-0.05, 0) is 44.0 Å². The van der Waals surface area contributed by atoms with E-state index >= 15 is 0 Å². The molecule has 0 fully saturated rings. The van der Waals surface area contributed by atoms with Gasteiger partial charge < -0.3 is 19.1 Å². The molecule has 0 aromatic heterocycles. The van der Waals surface area contributed by atoms with Crippen LogP contribution in [0, 0.1) is 0 Å². The molecule has 0 bridgehead atoms. The molecule has 2 atom stereocenters. The average molecular weight is 489 g/mol. The maximum Gasteiger partial charge on any atom is 0.307 e. The Morgan fingerprint density at radius 2 is 1.88 bits per heavy atom. The minimum Gasteiger partial charge on any atom is -0.490 e. The molecule has 182 valence electrons. The van der Waals surface area contributed by atoms with Gasteiger partial charge in [0.25, 0.3) is 5.91 Å². The van der Waals surface area contributed by atoms with E-state index in [1.54, 1.807) is 11.0 Å². The number of benzene rings is 2. The van der Waals surface area contributed by atoms with Crippen molar-refractivity contribution >= 4 is 27.6 Å². The Hall–Kier alpha value is -3.11. The van der Waals surface area contributed by atoms with Crippen molar-refractivity contribution in [1.29, 1.82) is 0 Å². The number of hydrogen-bond acceptors (Lipinski definition) is 7. The lowest BCUT2D eigenvalue weighted by Crippen LogP contribution is -2.43. The second kappa shape index (κ2) is 10.0. The molecule has 10 heteroatoms. The van der Waals surface area contributed by atoms with E-state index in [9.17, 15) is 18.0 Å². The van der Waals surface area contributed by atoms with Crippen molar-refractivity contribution in [2.45, 2.75) is 50.2 Å². The molecule has 2 aromatic carbocycles. The molecule has 2 heterocycles. The third-order valence-electron chi connectivity index (χ3n) is 5.75. The number of amides is 1. The molecule has 1 amide bonds. The van der Waals surface area contributed by atoms with Crippen molar-refractivity contribution in [3.05, 3.63) is 48.0 Å². The summed E-state index contributed by atoms with van der Waals surface area (Å²) in [6.45, 7) is 4.24. The number of hydrogen-bond donors (Lipinski definition) is 1. The van der Waals surface area contributed by atoms with Gasteiger partial charge in [-0.1, -0.05) is 18.2 Å². The predicted octanol–water partition coefficient (Wildman–Crippen LogP) is 2.43. The van der Waals surface area contributed by atoms with Gasteiger partial charge in [0.05, 0.1) is 24.5 Å². The van der Waals surface area contributed by atoms with Crippen LogP contribution in [0.5, 0.6) is 11.5 Å². The maximum atomic E-state index is 12.9. The summed E-state index contributed by atoms with van der Waals surface area (Å²) in [6.07, 6.45) is 0.248. The Kier molecular flexibility index (Phi) is 7.08. The van der Waals surface area contributed by atoms with E-state index in [1.807, 2.05) is 31.2 Å². The van der Waals surface area contributed by atoms with E-state index in [0.717, 1.165) is 17.7 Å². The van der Waals surface area contributed by atoms with E-state index < -0.39 is 22.1 Å². The summed E-state index contributed by atoms with van der Waals surface area (Å²) in [5, 5.41) is 0. The molecule has 2 aromatic rings. The van der Waals surface area contributed by atoms with Gasteiger partial charge in [-0.25, -0.2) is 13.1 Å². The zero-order valence-corrected chi connectivity index (χ0v) is 20.0. The summed E-state index contributed by atoms with van der Waals surface area (Å²) in [4.78, 5) is 26.9. The molecule has 34 heavy (non-hydrogen) atoms. The number of para-hydroxylation sites is 1. The molecule has 0 saturated carbocycles. The summed E-state index contributed by atoms with van der Waals surface area (Å²) in [5.41, 5.74) is 1.90. The highest BCUT2D eigenvalue weighted by Gasteiger charge is 2.34. The number of carbonyl (C=O) groups excluding carboxylic acids is 2. The number of carbonyl (C=O) groups is 2. The number of esters is 1. The first-order chi connectivity index (χ1) is 16.3. The summed E-state index contributed by atoms with van der Waals surface area (Å²) >= 11 is 0. The van der Waals surface area contributed by atoms with Crippen LogP contribution in [-0.2, 0) is 30.8 Å². The fraction of sp³-hybridized carbons (Fsp3) is 0.417. The van der Waals surface area contributed by atoms with Crippen molar-refractivity contribution in [1.82, 2.24) is 4.72 Å². The number of rotatable bonds is 7. The van der Waals surface area contributed by atoms with Gasteiger partial charge in [0, 0.05) is 30.8 Å². The van der Waals surface area contributed by atoms with Crippen LogP contribution in [0.2, 0.25) is 0 Å². The summed E-state index contributed by atoms with van der Waals surface area (Å²) in [7, 11) is -3.87. The van der Waals surface area contributed by atoms with Crippen LogP contribution >= 0.6 is 0 Å². The Morgan fingerprint density at radius 3 is 2.68 bits per heavy atom. The molecule has 1 N–H and O–H groups in total. The number of nitrogens with zero attached hydrogens (tertiary/aromatic N) is 1. The quantitative estimate of drug-likeness (QED) is 0.596. The highest BCUT2D eigenvalue weighted by atomic mass is 32.2. The Morgan fingerprint density at radius 1 is 1.15 bits per heavy atom. The normalized spacial score (nSPS) is 18.1. The van der Waals surface area contributed by atoms with Gasteiger partial charge in [-0.15, -0.1) is 0 Å². The number of anilines is 1. The first-order valence-electron chi connectivity index (χ1n) is 11.3. The minimum atomic E-state index is -3.87. The molecule has 0 aliphatic carbocycles. The van der Waals surface area contributed by atoms with Crippen LogP contribution in [-0.4, -0.2) is 52.2 Å². The second-order valence-electron chi connectivity index (χ2n) is 8.33. The smallest absolute Gasteiger partial charge is 0.307 e. The molecule has 0 saturated heterocycles. The minimum absolute atomic E-state index is 0.00958. The molecular formula is C24H28N2O7S. The SMILES string of the molecule is C[C@@H]1Cc2ccccc2N1C(=O)[C@@H](C)OC(=O)CCNS(=O)(=O)c1ccc2c(c1)OCCCO2. The Bertz CT molecular complexity index is 1180. The standard InChI is InChI=1S/C24H28N2O7S/c1-16-14-18-6-3-4-7-20(18)26(16)24(28)17(2)33-23(27)10-11-25-34(29,30)19-8-9-21-22(15-19)32-13-5-12-31-21/h3-4,6-9,15-17,25H,5,10-14H2,1-2H3/t16-,17-/m1/s1. The Labute approximate surface area is 199 Å². The lowest BCUT2D eigenvalue weighted by Gasteiger charge is -2.26. The fourth-order valence-electron chi connectivity index (χ4n) is 4.09. The van der Waals surface area contributed by atoms with Crippen molar-refractivity contribution in [2.75, 3.05) is 24.7 Å². The van der Waals surface area contributed by atoms with E-state index in [-0.39, 0.29) is 29.8 Å². The van der Waals surface area contributed by atoms with Crippen molar-refractivity contribution in [3.8, 4) is 11.5 Å².